The van der Waals surface area contributed by atoms with E-state index in [9.17, 15) is 5.11 Å². The number of aromatic nitrogens is 2. The number of ether oxygens (including phenoxy) is 1. The second-order valence-corrected chi connectivity index (χ2v) is 5.99. The zero-order valence-electron chi connectivity index (χ0n) is 14.7. The Hall–Kier alpha value is -2.79. The molecule has 0 aliphatic rings. The predicted molar refractivity (Wildman–Crippen MR) is 99.3 cm³/mol. The fourth-order valence-electron chi connectivity index (χ4n) is 2.90. The van der Waals surface area contributed by atoms with Crippen molar-refractivity contribution in [3.63, 3.8) is 0 Å². The summed E-state index contributed by atoms with van der Waals surface area (Å²) in [4.78, 5) is 4.26. The lowest BCUT2D eigenvalue weighted by atomic mass is 10.1. The number of aryl methyl sites for hydroxylation is 1. The molecule has 3 aromatic rings. The molecule has 2 N–H and O–H groups in total. The summed E-state index contributed by atoms with van der Waals surface area (Å²) in [6.45, 7) is 4.05. The van der Waals surface area contributed by atoms with Gasteiger partial charge in [-0.15, -0.1) is 0 Å². The van der Waals surface area contributed by atoms with Crippen molar-refractivity contribution in [1.82, 2.24) is 9.55 Å². The van der Waals surface area contributed by atoms with E-state index in [0.29, 0.717) is 5.75 Å². The summed E-state index contributed by atoms with van der Waals surface area (Å²) in [6, 6.07) is 14.3. The summed E-state index contributed by atoms with van der Waals surface area (Å²) < 4.78 is 7.30. The fraction of sp³-hybridized carbons (Fsp3) is 0.250. The monoisotopic (exact) mass is 337 g/mol. The molecule has 3 rings (SSSR count). The molecule has 5 heteroatoms. The highest BCUT2D eigenvalue weighted by molar-refractivity contribution is 5.52. The van der Waals surface area contributed by atoms with Gasteiger partial charge >= 0.3 is 0 Å². The highest BCUT2D eigenvalue weighted by Gasteiger charge is 2.09. The van der Waals surface area contributed by atoms with E-state index in [1.165, 1.54) is 5.56 Å². The number of anilines is 1. The van der Waals surface area contributed by atoms with Crippen LogP contribution < -0.4 is 10.1 Å². The van der Waals surface area contributed by atoms with Gasteiger partial charge in [-0.3, -0.25) is 0 Å². The number of hydrogen-bond donors (Lipinski definition) is 2. The highest BCUT2D eigenvalue weighted by atomic mass is 16.5. The predicted octanol–water partition coefficient (Wildman–Crippen LogP) is 3.85. The largest absolute Gasteiger partial charge is 0.496 e. The standard InChI is InChI=1S/C20H23N3O2/c1-14(22-18-6-9-20(25-3)17(12-18)13-24)16-4-7-19(8-5-16)23-11-10-21-15(23)2/h4-12,14,22,24H,13H2,1-3H3. The van der Waals surface area contributed by atoms with Gasteiger partial charge in [0.05, 0.1) is 13.7 Å². The molecule has 0 spiro atoms. The average Bonchev–Trinajstić information content (AvgIpc) is 3.07. The fourth-order valence-corrected chi connectivity index (χ4v) is 2.90. The van der Waals surface area contributed by atoms with Crippen LogP contribution in [0.1, 0.15) is 29.9 Å². The zero-order valence-corrected chi connectivity index (χ0v) is 14.7. The molecule has 0 aliphatic carbocycles. The van der Waals surface area contributed by atoms with Crippen LogP contribution in [0.5, 0.6) is 5.75 Å². The van der Waals surface area contributed by atoms with Crippen LogP contribution in [0.25, 0.3) is 5.69 Å². The van der Waals surface area contributed by atoms with Crippen molar-refractivity contribution in [2.24, 2.45) is 0 Å². The molecular formula is C20H23N3O2. The molecule has 0 saturated carbocycles. The molecule has 5 nitrogen and oxygen atoms in total. The Kier molecular flexibility index (Phi) is 5.05. The summed E-state index contributed by atoms with van der Waals surface area (Å²) >= 11 is 0. The van der Waals surface area contributed by atoms with Gasteiger partial charge in [-0.2, -0.15) is 0 Å². The molecule has 1 unspecified atom stereocenters. The lowest BCUT2D eigenvalue weighted by Crippen LogP contribution is -2.07. The minimum absolute atomic E-state index is 0.0496. The first kappa shape index (κ1) is 17.0. The van der Waals surface area contributed by atoms with Crippen LogP contribution >= 0.6 is 0 Å². The number of nitrogens with one attached hydrogen (secondary N) is 1. The molecule has 2 aromatic carbocycles. The molecule has 0 fully saturated rings. The van der Waals surface area contributed by atoms with Crippen LogP contribution in [0.3, 0.4) is 0 Å². The third-order valence-corrected chi connectivity index (χ3v) is 4.33. The van der Waals surface area contributed by atoms with Gasteiger partial charge in [-0.1, -0.05) is 12.1 Å². The number of benzene rings is 2. The molecule has 0 aliphatic heterocycles. The lowest BCUT2D eigenvalue weighted by Gasteiger charge is -2.18. The van der Waals surface area contributed by atoms with Gasteiger partial charge in [0.1, 0.15) is 11.6 Å². The summed E-state index contributed by atoms with van der Waals surface area (Å²) in [5.74, 6) is 1.66. The lowest BCUT2D eigenvalue weighted by molar-refractivity contribution is 0.274. The summed E-state index contributed by atoms with van der Waals surface area (Å²) in [5, 5.41) is 12.9. The average molecular weight is 337 g/mol. The summed E-state index contributed by atoms with van der Waals surface area (Å²) in [6.07, 6.45) is 3.76. The number of hydrogen-bond acceptors (Lipinski definition) is 4. The molecule has 0 bridgehead atoms. The maximum Gasteiger partial charge on any atom is 0.124 e. The smallest absolute Gasteiger partial charge is 0.124 e. The van der Waals surface area contributed by atoms with Crippen molar-refractivity contribution >= 4 is 5.69 Å². The number of rotatable bonds is 6. The minimum Gasteiger partial charge on any atom is -0.496 e. The number of methoxy groups -OCH3 is 1. The second-order valence-electron chi connectivity index (χ2n) is 5.99. The van der Waals surface area contributed by atoms with Crippen LogP contribution in [0, 0.1) is 6.92 Å². The molecule has 25 heavy (non-hydrogen) atoms. The van der Waals surface area contributed by atoms with Gasteiger partial charge in [0, 0.05) is 35.4 Å². The SMILES string of the molecule is COc1ccc(NC(C)c2ccc(-n3ccnc3C)cc2)cc1CO. The van der Waals surface area contributed by atoms with Crippen LogP contribution in [0.15, 0.2) is 54.9 Å². The molecule has 130 valence electrons. The summed E-state index contributed by atoms with van der Waals surface area (Å²) in [7, 11) is 1.60. The van der Waals surface area contributed by atoms with Gasteiger partial charge < -0.3 is 19.7 Å². The van der Waals surface area contributed by atoms with Crippen LogP contribution in [-0.2, 0) is 6.61 Å². The number of aliphatic hydroxyl groups excluding tert-OH is 1. The highest BCUT2D eigenvalue weighted by Crippen LogP contribution is 2.26. The zero-order chi connectivity index (χ0) is 17.8. The maximum atomic E-state index is 9.45. The molecule has 0 radical (unpaired) electrons. The summed E-state index contributed by atoms with van der Waals surface area (Å²) in [5.41, 5.74) is 4.00. The van der Waals surface area contributed by atoms with E-state index in [4.69, 9.17) is 4.74 Å². The van der Waals surface area contributed by atoms with Crippen molar-refractivity contribution in [3.05, 3.63) is 71.8 Å². The Morgan fingerprint density at radius 1 is 1.20 bits per heavy atom. The Bertz CT molecular complexity index is 840. The van der Waals surface area contributed by atoms with Crippen molar-refractivity contribution in [3.8, 4) is 11.4 Å². The Balaban J connectivity index is 1.75. The van der Waals surface area contributed by atoms with E-state index in [1.807, 2.05) is 31.3 Å². The van der Waals surface area contributed by atoms with Crippen molar-refractivity contribution in [2.75, 3.05) is 12.4 Å². The maximum absolute atomic E-state index is 9.45. The van der Waals surface area contributed by atoms with Gasteiger partial charge in [0.2, 0.25) is 0 Å². The van der Waals surface area contributed by atoms with E-state index in [-0.39, 0.29) is 12.6 Å². The van der Waals surface area contributed by atoms with E-state index in [2.05, 4.69) is 46.1 Å². The quantitative estimate of drug-likeness (QED) is 0.717. The van der Waals surface area contributed by atoms with Crippen LogP contribution in [0.4, 0.5) is 5.69 Å². The molecular weight excluding hydrogens is 314 g/mol. The molecule has 0 saturated heterocycles. The van der Waals surface area contributed by atoms with Gasteiger partial charge in [0.15, 0.2) is 0 Å². The van der Waals surface area contributed by atoms with Crippen LogP contribution in [0.2, 0.25) is 0 Å². The first-order chi connectivity index (χ1) is 12.1. The molecule has 1 aromatic heterocycles. The first-order valence-corrected chi connectivity index (χ1v) is 8.27. The van der Waals surface area contributed by atoms with Crippen molar-refractivity contribution in [2.45, 2.75) is 26.5 Å². The first-order valence-electron chi connectivity index (χ1n) is 8.27. The van der Waals surface area contributed by atoms with Crippen LogP contribution in [-0.4, -0.2) is 21.8 Å². The molecule has 1 atom stereocenters. The Labute approximate surface area is 147 Å². The Morgan fingerprint density at radius 3 is 2.56 bits per heavy atom. The topological polar surface area (TPSA) is 59.3 Å². The number of aliphatic hydroxyl groups is 1. The Morgan fingerprint density at radius 2 is 1.96 bits per heavy atom. The van der Waals surface area contributed by atoms with Crippen molar-refractivity contribution < 1.29 is 9.84 Å². The van der Waals surface area contributed by atoms with Gasteiger partial charge in [0.25, 0.3) is 0 Å². The molecule has 1 heterocycles. The normalized spacial score (nSPS) is 12.0. The second kappa shape index (κ2) is 7.40. The van der Waals surface area contributed by atoms with E-state index < -0.39 is 0 Å². The van der Waals surface area contributed by atoms with E-state index in [0.717, 1.165) is 22.8 Å². The minimum atomic E-state index is -0.0496. The number of imidazole rings is 1. The number of nitrogens with zero attached hydrogens (tertiary/aromatic N) is 2. The van der Waals surface area contributed by atoms with E-state index >= 15 is 0 Å². The van der Waals surface area contributed by atoms with Crippen molar-refractivity contribution in [1.29, 1.82) is 0 Å². The third kappa shape index (κ3) is 3.67. The van der Waals surface area contributed by atoms with E-state index in [1.54, 1.807) is 13.3 Å². The molecule has 0 amide bonds. The van der Waals surface area contributed by atoms with Gasteiger partial charge in [-0.05, 0) is 49.7 Å². The van der Waals surface area contributed by atoms with Gasteiger partial charge in [-0.25, -0.2) is 4.98 Å². The third-order valence-electron chi connectivity index (χ3n) is 4.33.